The maximum absolute atomic E-state index is 12.1. The van der Waals surface area contributed by atoms with E-state index in [2.05, 4.69) is 5.32 Å². The van der Waals surface area contributed by atoms with E-state index in [9.17, 15) is 9.59 Å². The van der Waals surface area contributed by atoms with Gasteiger partial charge in [-0.05, 0) is 38.1 Å². The Balaban J connectivity index is 2.02. The first-order valence-corrected chi connectivity index (χ1v) is 7.15. The summed E-state index contributed by atoms with van der Waals surface area (Å²) in [5, 5.41) is 3.32. The number of anilines is 1. The number of furan rings is 1. The molecule has 0 aliphatic heterocycles. The molecule has 2 aromatic rings. The number of nitrogens with one attached hydrogen (secondary N) is 1. The number of rotatable bonds is 4. The number of ether oxygens (including phenoxy) is 1. The van der Waals surface area contributed by atoms with Crippen LogP contribution in [0.3, 0.4) is 0 Å². The van der Waals surface area contributed by atoms with Crippen molar-refractivity contribution in [1.82, 2.24) is 0 Å². The van der Waals surface area contributed by atoms with E-state index in [4.69, 9.17) is 32.4 Å². The molecule has 0 saturated carbocycles. The molecular weight excluding hydrogens is 329 g/mol. The summed E-state index contributed by atoms with van der Waals surface area (Å²) in [6.07, 6.45) is 0.374. The fraction of sp³-hybridized carbons (Fsp3) is 0.200. The predicted octanol–water partition coefficient (Wildman–Crippen LogP) is 4.08. The lowest BCUT2D eigenvalue weighted by Gasteiger charge is -2.14. The summed E-state index contributed by atoms with van der Waals surface area (Å²) < 4.78 is 10.1. The van der Waals surface area contributed by atoms with Crippen LogP contribution in [0.15, 0.2) is 34.9 Å². The van der Waals surface area contributed by atoms with Crippen molar-refractivity contribution in [1.29, 1.82) is 0 Å². The maximum Gasteiger partial charge on any atom is 0.342 e. The molecule has 0 spiro atoms. The number of hydrogen-bond acceptors (Lipinski definition) is 4. The number of benzene rings is 1. The Hall–Kier alpha value is -1.98. The van der Waals surface area contributed by atoms with E-state index in [1.807, 2.05) is 0 Å². The molecule has 0 fully saturated rings. The van der Waals surface area contributed by atoms with Crippen LogP contribution in [0.25, 0.3) is 0 Å². The van der Waals surface area contributed by atoms with Gasteiger partial charge in [0, 0.05) is 5.02 Å². The summed E-state index contributed by atoms with van der Waals surface area (Å²) in [6, 6.07) is 6.16. The number of carbonyl (C=O) groups is 2. The monoisotopic (exact) mass is 341 g/mol. The Labute approximate surface area is 137 Å². The average Bonchev–Trinajstić information content (AvgIpc) is 2.89. The maximum atomic E-state index is 12.1. The van der Waals surface area contributed by atoms with Crippen LogP contribution in [0.2, 0.25) is 10.0 Å². The van der Waals surface area contributed by atoms with Crippen molar-refractivity contribution in [2.75, 3.05) is 5.32 Å². The number of esters is 1. The van der Waals surface area contributed by atoms with Crippen molar-refractivity contribution in [3.8, 4) is 0 Å². The second kappa shape index (κ2) is 6.85. The van der Waals surface area contributed by atoms with Crippen LogP contribution in [0.5, 0.6) is 0 Å². The zero-order valence-corrected chi connectivity index (χ0v) is 13.4. The zero-order valence-electron chi connectivity index (χ0n) is 11.9. The molecular formula is C15H13Cl2NO4. The van der Waals surface area contributed by atoms with Crippen molar-refractivity contribution in [3.05, 3.63) is 51.9 Å². The predicted molar refractivity (Wildman–Crippen MR) is 83.4 cm³/mol. The summed E-state index contributed by atoms with van der Waals surface area (Å²) in [5.74, 6) is -0.722. The zero-order chi connectivity index (χ0) is 16.3. The standard InChI is InChI=1S/C15H13Cl2NO4/c1-8-11(5-6-21-8)15(20)22-9(2)14(19)18-13-7-10(16)3-4-12(13)17/h3-7,9H,1-2H3,(H,18,19)/t9-/m0/s1. The summed E-state index contributed by atoms with van der Waals surface area (Å²) in [7, 11) is 0. The van der Waals surface area contributed by atoms with Gasteiger partial charge in [0.2, 0.25) is 0 Å². The van der Waals surface area contributed by atoms with E-state index in [1.54, 1.807) is 19.1 Å². The lowest BCUT2D eigenvalue weighted by atomic mass is 10.2. The van der Waals surface area contributed by atoms with Crippen LogP contribution in [-0.2, 0) is 9.53 Å². The van der Waals surface area contributed by atoms with E-state index in [0.717, 1.165) is 0 Å². The number of hydrogen-bond donors (Lipinski definition) is 1. The summed E-state index contributed by atoms with van der Waals surface area (Å²) >= 11 is 11.8. The smallest absolute Gasteiger partial charge is 0.342 e. The molecule has 1 aromatic heterocycles. The lowest BCUT2D eigenvalue weighted by Crippen LogP contribution is -2.30. The molecule has 1 amide bonds. The topological polar surface area (TPSA) is 68.5 Å². The SMILES string of the molecule is Cc1occc1C(=O)O[C@@H](C)C(=O)Nc1cc(Cl)ccc1Cl. The van der Waals surface area contributed by atoms with Gasteiger partial charge < -0.3 is 14.5 Å². The summed E-state index contributed by atoms with van der Waals surface area (Å²) in [5.41, 5.74) is 0.627. The molecule has 1 N–H and O–H groups in total. The number of halogens is 2. The second-order valence-corrected chi connectivity index (χ2v) is 5.40. The van der Waals surface area contributed by atoms with Gasteiger partial charge in [0.25, 0.3) is 5.91 Å². The third-order valence-corrected chi connectivity index (χ3v) is 3.48. The highest BCUT2D eigenvalue weighted by Crippen LogP contribution is 2.25. The molecule has 0 unspecified atom stereocenters. The molecule has 22 heavy (non-hydrogen) atoms. The van der Waals surface area contributed by atoms with Gasteiger partial charge in [-0.3, -0.25) is 4.79 Å². The molecule has 5 nitrogen and oxygen atoms in total. The molecule has 0 saturated heterocycles. The highest BCUT2D eigenvalue weighted by Gasteiger charge is 2.21. The van der Waals surface area contributed by atoms with Crippen molar-refractivity contribution >= 4 is 40.8 Å². The van der Waals surface area contributed by atoms with Crippen LogP contribution in [-0.4, -0.2) is 18.0 Å². The number of carbonyl (C=O) groups excluding carboxylic acids is 2. The first kappa shape index (κ1) is 16.4. The fourth-order valence-electron chi connectivity index (χ4n) is 1.70. The van der Waals surface area contributed by atoms with Gasteiger partial charge in [0.15, 0.2) is 6.10 Å². The minimum absolute atomic E-state index is 0.278. The van der Waals surface area contributed by atoms with Crippen LogP contribution >= 0.6 is 23.2 Å². The quantitative estimate of drug-likeness (QED) is 0.850. The number of aryl methyl sites for hydroxylation is 1. The Kier molecular flexibility index (Phi) is 5.11. The average molecular weight is 342 g/mol. The van der Waals surface area contributed by atoms with Crippen molar-refractivity contribution in [2.45, 2.75) is 20.0 Å². The molecule has 116 valence electrons. The van der Waals surface area contributed by atoms with Crippen molar-refractivity contribution < 1.29 is 18.7 Å². The van der Waals surface area contributed by atoms with Gasteiger partial charge >= 0.3 is 5.97 Å². The van der Waals surface area contributed by atoms with Gasteiger partial charge in [-0.25, -0.2) is 4.79 Å². The van der Waals surface area contributed by atoms with Crippen LogP contribution < -0.4 is 5.32 Å². The van der Waals surface area contributed by atoms with Gasteiger partial charge in [-0.1, -0.05) is 23.2 Å². The fourth-order valence-corrected chi connectivity index (χ4v) is 2.04. The van der Waals surface area contributed by atoms with Crippen LogP contribution in [0.4, 0.5) is 5.69 Å². The Bertz CT molecular complexity index is 711. The molecule has 2 rings (SSSR count). The lowest BCUT2D eigenvalue weighted by molar-refractivity contribution is -0.123. The molecule has 0 radical (unpaired) electrons. The van der Waals surface area contributed by atoms with Gasteiger partial charge in [-0.2, -0.15) is 0 Å². The Morgan fingerprint density at radius 1 is 1.27 bits per heavy atom. The highest BCUT2D eigenvalue weighted by molar-refractivity contribution is 6.35. The van der Waals surface area contributed by atoms with E-state index in [1.165, 1.54) is 25.3 Å². The molecule has 0 aliphatic carbocycles. The minimum atomic E-state index is -1.00. The number of amides is 1. The molecule has 1 atom stereocenters. The van der Waals surface area contributed by atoms with E-state index < -0.39 is 18.0 Å². The minimum Gasteiger partial charge on any atom is -0.469 e. The van der Waals surface area contributed by atoms with Crippen LogP contribution in [0.1, 0.15) is 23.0 Å². The highest BCUT2D eigenvalue weighted by atomic mass is 35.5. The van der Waals surface area contributed by atoms with E-state index >= 15 is 0 Å². The van der Waals surface area contributed by atoms with Gasteiger partial charge in [0.05, 0.1) is 17.0 Å². The Morgan fingerprint density at radius 3 is 2.64 bits per heavy atom. The van der Waals surface area contributed by atoms with E-state index in [0.29, 0.717) is 21.5 Å². The van der Waals surface area contributed by atoms with Gasteiger partial charge in [0.1, 0.15) is 11.3 Å². The molecule has 1 aromatic carbocycles. The van der Waals surface area contributed by atoms with Gasteiger partial charge in [-0.15, -0.1) is 0 Å². The molecule has 1 heterocycles. The Morgan fingerprint density at radius 2 is 2.00 bits per heavy atom. The summed E-state index contributed by atoms with van der Waals surface area (Å²) in [6.45, 7) is 3.09. The van der Waals surface area contributed by atoms with E-state index in [-0.39, 0.29) is 5.56 Å². The van der Waals surface area contributed by atoms with Crippen molar-refractivity contribution in [3.63, 3.8) is 0 Å². The molecule has 0 bridgehead atoms. The van der Waals surface area contributed by atoms with Crippen molar-refractivity contribution in [2.24, 2.45) is 0 Å². The third-order valence-electron chi connectivity index (χ3n) is 2.92. The van der Waals surface area contributed by atoms with Crippen LogP contribution in [0, 0.1) is 6.92 Å². The first-order chi connectivity index (χ1) is 10.4. The first-order valence-electron chi connectivity index (χ1n) is 6.39. The summed E-state index contributed by atoms with van der Waals surface area (Å²) in [4.78, 5) is 24.0. The second-order valence-electron chi connectivity index (χ2n) is 4.55. The molecule has 0 aliphatic rings. The normalized spacial score (nSPS) is 11.8. The largest absolute Gasteiger partial charge is 0.469 e. The molecule has 7 heteroatoms. The third kappa shape index (κ3) is 3.81.